The summed E-state index contributed by atoms with van der Waals surface area (Å²) in [6, 6.07) is 5.89. The maximum absolute atomic E-state index is 12.5. The molecule has 26 heavy (non-hydrogen) atoms. The Morgan fingerprint density at radius 3 is 2.42 bits per heavy atom. The largest absolute Gasteiger partial charge is 0.503 e. The van der Waals surface area contributed by atoms with Crippen LogP contribution in [0.5, 0.6) is 5.75 Å². The Kier molecular flexibility index (Phi) is 6.52. The van der Waals surface area contributed by atoms with Gasteiger partial charge in [-0.05, 0) is 24.1 Å². The van der Waals surface area contributed by atoms with Crippen molar-refractivity contribution in [3.8, 4) is 5.75 Å². The summed E-state index contributed by atoms with van der Waals surface area (Å²) in [4.78, 5) is 37.4. The van der Waals surface area contributed by atoms with Crippen LogP contribution in [0, 0.1) is 0 Å². The standard InChI is InChI=1S/C19H23NO6/c1-4-15(22)16-17(13-6-8-14(9-7-13)26-12(2)21)20(10-5-11-25-3)19(24)18(16)23/h6-9,17,23H,4-5,10-11H2,1-3H3. The second kappa shape index (κ2) is 8.62. The average molecular weight is 361 g/mol. The van der Waals surface area contributed by atoms with E-state index in [9.17, 15) is 19.5 Å². The first-order valence-electron chi connectivity index (χ1n) is 8.45. The molecular formula is C19H23NO6. The van der Waals surface area contributed by atoms with E-state index in [1.165, 1.54) is 11.8 Å². The molecule has 0 aromatic heterocycles. The van der Waals surface area contributed by atoms with E-state index in [4.69, 9.17) is 9.47 Å². The summed E-state index contributed by atoms with van der Waals surface area (Å²) in [7, 11) is 1.57. The van der Waals surface area contributed by atoms with Gasteiger partial charge in [0.2, 0.25) is 0 Å². The molecule has 1 aliphatic heterocycles. The number of amides is 1. The van der Waals surface area contributed by atoms with Gasteiger partial charge in [0.25, 0.3) is 5.91 Å². The van der Waals surface area contributed by atoms with Crippen molar-refractivity contribution in [2.45, 2.75) is 32.7 Å². The van der Waals surface area contributed by atoms with E-state index in [-0.39, 0.29) is 17.8 Å². The summed E-state index contributed by atoms with van der Waals surface area (Å²) in [5.41, 5.74) is 0.766. The van der Waals surface area contributed by atoms with Gasteiger partial charge in [-0.25, -0.2) is 0 Å². The van der Waals surface area contributed by atoms with Crippen molar-refractivity contribution in [3.63, 3.8) is 0 Å². The van der Waals surface area contributed by atoms with Crippen molar-refractivity contribution in [2.75, 3.05) is 20.3 Å². The molecule has 0 fully saturated rings. The quantitative estimate of drug-likeness (QED) is 0.434. The van der Waals surface area contributed by atoms with Gasteiger partial charge >= 0.3 is 5.97 Å². The van der Waals surface area contributed by atoms with Crippen LogP contribution < -0.4 is 4.74 Å². The summed E-state index contributed by atoms with van der Waals surface area (Å²) < 4.78 is 10.0. The Morgan fingerprint density at radius 1 is 1.23 bits per heavy atom. The molecule has 0 radical (unpaired) electrons. The molecule has 0 aliphatic carbocycles. The summed E-state index contributed by atoms with van der Waals surface area (Å²) >= 11 is 0. The number of methoxy groups -OCH3 is 1. The number of Topliss-reactive ketones (excluding diaryl/α,β-unsaturated/α-hetero) is 1. The van der Waals surface area contributed by atoms with Gasteiger partial charge in [-0.15, -0.1) is 0 Å². The van der Waals surface area contributed by atoms with E-state index < -0.39 is 23.7 Å². The fourth-order valence-electron chi connectivity index (χ4n) is 2.97. The van der Waals surface area contributed by atoms with Crippen molar-refractivity contribution in [1.82, 2.24) is 4.90 Å². The fraction of sp³-hybridized carbons (Fsp3) is 0.421. The highest BCUT2D eigenvalue weighted by Gasteiger charge is 2.42. The number of ether oxygens (including phenoxy) is 2. The average Bonchev–Trinajstić information content (AvgIpc) is 2.86. The normalized spacial score (nSPS) is 17.0. The molecule has 0 saturated heterocycles. The lowest BCUT2D eigenvalue weighted by atomic mass is 9.95. The minimum atomic E-state index is -0.668. The van der Waals surface area contributed by atoms with Crippen LogP contribution in [0.2, 0.25) is 0 Å². The molecule has 1 aromatic rings. The van der Waals surface area contributed by atoms with Crippen LogP contribution in [0.4, 0.5) is 0 Å². The molecule has 2 rings (SSSR count). The molecular weight excluding hydrogens is 338 g/mol. The minimum Gasteiger partial charge on any atom is -0.503 e. The molecule has 1 unspecified atom stereocenters. The number of aliphatic hydroxyl groups excluding tert-OH is 1. The molecule has 1 aromatic carbocycles. The lowest BCUT2D eigenvalue weighted by molar-refractivity contribution is -0.132. The van der Waals surface area contributed by atoms with Gasteiger partial charge in [0.1, 0.15) is 5.75 Å². The number of hydrogen-bond donors (Lipinski definition) is 1. The van der Waals surface area contributed by atoms with Gasteiger partial charge in [-0.1, -0.05) is 19.1 Å². The van der Waals surface area contributed by atoms with Crippen molar-refractivity contribution < 1.29 is 29.0 Å². The molecule has 1 amide bonds. The summed E-state index contributed by atoms with van der Waals surface area (Å²) in [5.74, 6) is -1.41. The topological polar surface area (TPSA) is 93.1 Å². The molecule has 1 heterocycles. The zero-order chi connectivity index (χ0) is 19.3. The van der Waals surface area contributed by atoms with Gasteiger partial charge in [0.15, 0.2) is 11.5 Å². The molecule has 0 saturated carbocycles. The van der Waals surface area contributed by atoms with Crippen molar-refractivity contribution >= 4 is 17.7 Å². The molecule has 1 atom stereocenters. The lowest BCUT2D eigenvalue weighted by Gasteiger charge is -2.26. The molecule has 7 heteroatoms. The van der Waals surface area contributed by atoms with Crippen LogP contribution in [-0.2, 0) is 19.1 Å². The van der Waals surface area contributed by atoms with E-state index in [1.54, 1.807) is 38.3 Å². The maximum Gasteiger partial charge on any atom is 0.308 e. The molecule has 140 valence electrons. The molecule has 7 nitrogen and oxygen atoms in total. The third-order valence-electron chi connectivity index (χ3n) is 4.13. The number of hydrogen-bond acceptors (Lipinski definition) is 6. The zero-order valence-electron chi connectivity index (χ0n) is 15.2. The Morgan fingerprint density at radius 2 is 1.88 bits per heavy atom. The number of aliphatic hydroxyl groups is 1. The van der Waals surface area contributed by atoms with Crippen LogP contribution in [0.15, 0.2) is 35.6 Å². The van der Waals surface area contributed by atoms with Crippen LogP contribution >= 0.6 is 0 Å². The number of esters is 1. The second-order valence-corrected chi connectivity index (χ2v) is 5.95. The van der Waals surface area contributed by atoms with E-state index in [2.05, 4.69) is 0 Å². The fourth-order valence-corrected chi connectivity index (χ4v) is 2.97. The Labute approximate surface area is 152 Å². The van der Waals surface area contributed by atoms with Gasteiger partial charge in [0, 0.05) is 33.6 Å². The van der Waals surface area contributed by atoms with E-state index >= 15 is 0 Å². The maximum atomic E-state index is 12.5. The van der Waals surface area contributed by atoms with E-state index in [1.807, 2.05) is 0 Å². The van der Waals surface area contributed by atoms with Crippen LogP contribution in [0.1, 0.15) is 38.3 Å². The Balaban J connectivity index is 2.38. The van der Waals surface area contributed by atoms with Gasteiger partial charge in [0.05, 0.1) is 11.6 Å². The highest BCUT2D eigenvalue weighted by atomic mass is 16.5. The lowest BCUT2D eigenvalue weighted by Crippen LogP contribution is -2.32. The summed E-state index contributed by atoms with van der Waals surface area (Å²) in [5, 5.41) is 10.3. The number of carbonyl (C=O) groups is 3. The second-order valence-electron chi connectivity index (χ2n) is 5.95. The zero-order valence-corrected chi connectivity index (χ0v) is 15.2. The predicted octanol–water partition coefficient (Wildman–Crippen LogP) is 2.32. The first kappa shape index (κ1) is 19.7. The van der Waals surface area contributed by atoms with Crippen LogP contribution in [0.3, 0.4) is 0 Å². The van der Waals surface area contributed by atoms with Gasteiger partial charge in [-0.3, -0.25) is 14.4 Å². The Hall–Kier alpha value is -2.67. The predicted molar refractivity (Wildman–Crippen MR) is 93.7 cm³/mol. The smallest absolute Gasteiger partial charge is 0.308 e. The third-order valence-corrected chi connectivity index (χ3v) is 4.13. The van der Waals surface area contributed by atoms with Crippen molar-refractivity contribution in [1.29, 1.82) is 0 Å². The van der Waals surface area contributed by atoms with E-state index in [0.29, 0.717) is 30.9 Å². The SMILES string of the molecule is CCC(=O)C1=C(O)C(=O)N(CCCOC)C1c1ccc(OC(C)=O)cc1. The first-order valence-corrected chi connectivity index (χ1v) is 8.45. The molecule has 1 aliphatic rings. The minimum absolute atomic E-state index is 0.107. The highest BCUT2D eigenvalue weighted by Crippen LogP contribution is 2.38. The molecule has 1 N–H and O–H groups in total. The van der Waals surface area contributed by atoms with Crippen molar-refractivity contribution in [2.24, 2.45) is 0 Å². The van der Waals surface area contributed by atoms with Crippen LogP contribution in [-0.4, -0.2) is 47.9 Å². The van der Waals surface area contributed by atoms with Gasteiger partial charge < -0.3 is 19.5 Å². The number of ketones is 1. The highest BCUT2D eigenvalue weighted by molar-refractivity contribution is 6.08. The molecule has 0 spiro atoms. The monoisotopic (exact) mass is 361 g/mol. The van der Waals surface area contributed by atoms with Crippen LogP contribution in [0.25, 0.3) is 0 Å². The summed E-state index contributed by atoms with van der Waals surface area (Å²) in [6.45, 7) is 3.79. The Bertz CT molecular complexity index is 722. The van der Waals surface area contributed by atoms with Crippen molar-refractivity contribution in [3.05, 3.63) is 41.2 Å². The number of benzene rings is 1. The molecule has 0 bridgehead atoms. The third kappa shape index (κ3) is 4.11. The number of rotatable bonds is 8. The number of carbonyl (C=O) groups excluding carboxylic acids is 3. The summed E-state index contributed by atoms with van der Waals surface area (Å²) in [6.07, 6.45) is 0.756. The van der Waals surface area contributed by atoms with Gasteiger partial charge in [-0.2, -0.15) is 0 Å². The van der Waals surface area contributed by atoms with E-state index in [0.717, 1.165) is 0 Å². The number of nitrogens with zero attached hydrogens (tertiary/aromatic N) is 1. The first-order chi connectivity index (χ1) is 12.4.